The first kappa shape index (κ1) is 14.6. The summed E-state index contributed by atoms with van der Waals surface area (Å²) in [6.45, 7) is 0.927. The number of carbonyl (C=O) groups excluding carboxylic acids is 1. The first-order chi connectivity index (χ1) is 8.51. The molecule has 0 spiro atoms. The summed E-state index contributed by atoms with van der Waals surface area (Å²) in [4.78, 5) is 12.5. The van der Waals surface area contributed by atoms with E-state index >= 15 is 0 Å². The topological polar surface area (TPSA) is 29.5 Å². The molecule has 1 aromatic rings. The average Bonchev–Trinajstić information content (AvgIpc) is 2.24. The average molecular weight is 257 g/mol. The van der Waals surface area contributed by atoms with Crippen molar-refractivity contribution < 1.29 is 18.3 Å². The highest BCUT2D eigenvalue weighted by Gasteiger charge is 2.11. The highest BCUT2D eigenvalue weighted by atomic mass is 19.1. The maximum absolute atomic E-state index is 12.9. The molecule has 1 atom stereocenters. The van der Waals surface area contributed by atoms with Gasteiger partial charge in [0.1, 0.15) is 23.7 Å². The SMILES string of the molecule is CN(C)CC(CC=O)COc1cc(F)cc(F)c1. The number of hydrogen-bond acceptors (Lipinski definition) is 3. The summed E-state index contributed by atoms with van der Waals surface area (Å²) >= 11 is 0. The van der Waals surface area contributed by atoms with E-state index in [-0.39, 0.29) is 18.3 Å². The summed E-state index contributed by atoms with van der Waals surface area (Å²) in [6, 6.07) is 3.03. The van der Waals surface area contributed by atoms with Crippen LogP contribution in [-0.4, -0.2) is 38.4 Å². The van der Waals surface area contributed by atoms with Crippen LogP contribution in [0.15, 0.2) is 18.2 Å². The van der Waals surface area contributed by atoms with Crippen molar-refractivity contribution in [1.82, 2.24) is 4.90 Å². The number of aldehydes is 1. The molecule has 0 aromatic heterocycles. The Morgan fingerprint density at radius 2 is 1.89 bits per heavy atom. The maximum Gasteiger partial charge on any atom is 0.129 e. The van der Waals surface area contributed by atoms with Crippen LogP contribution >= 0.6 is 0 Å². The van der Waals surface area contributed by atoms with E-state index in [9.17, 15) is 13.6 Å². The van der Waals surface area contributed by atoms with Gasteiger partial charge in [0, 0.05) is 37.1 Å². The first-order valence-electron chi connectivity index (χ1n) is 5.68. The number of benzene rings is 1. The number of hydrogen-bond donors (Lipinski definition) is 0. The summed E-state index contributed by atoms with van der Waals surface area (Å²) < 4.78 is 31.2. The van der Waals surface area contributed by atoms with Gasteiger partial charge in [0.2, 0.25) is 0 Å². The van der Waals surface area contributed by atoms with Gasteiger partial charge in [-0.15, -0.1) is 0 Å². The van der Waals surface area contributed by atoms with Crippen molar-refractivity contribution in [2.45, 2.75) is 6.42 Å². The zero-order chi connectivity index (χ0) is 13.5. The van der Waals surface area contributed by atoms with E-state index in [0.717, 1.165) is 24.5 Å². The number of rotatable bonds is 7. The third-order valence-corrected chi connectivity index (χ3v) is 2.37. The molecule has 100 valence electrons. The van der Waals surface area contributed by atoms with Gasteiger partial charge in [-0.05, 0) is 14.1 Å². The molecule has 0 aliphatic rings. The lowest BCUT2D eigenvalue weighted by Crippen LogP contribution is -2.26. The van der Waals surface area contributed by atoms with Crippen LogP contribution in [0.5, 0.6) is 5.75 Å². The van der Waals surface area contributed by atoms with Crippen molar-refractivity contribution in [1.29, 1.82) is 0 Å². The van der Waals surface area contributed by atoms with Gasteiger partial charge in [-0.2, -0.15) is 0 Å². The summed E-state index contributed by atoms with van der Waals surface area (Å²) in [7, 11) is 3.78. The molecule has 18 heavy (non-hydrogen) atoms. The molecule has 1 aromatic carbocycles. The van der Waals surface area contributed by atoms with Crippen LogP contribution in [0.1, 0.15) is 6.42 Å². The Kier molecular flexibility index (Phi) is 5.71. The smallest absolute Gasteiger partial charge is 0.129 e. The van der Waals surface area contributed by atoms with Crippen LogP contribution in [-0.2, 0) is 4.79 Å². The minimum Gasteiger partial charge on any atom is -0.493 e. The Hall–Kier alpha value is -1.49. The van der Waals surface area contributed by atoms with Crippen LogP contribution in [0.3, 0.4) is 0 Å². The molecule has 0 bridgehead atoms. The Morgan fingerprint density at radius 1 is 1.28 bits per heavy atom. The van der Waals surface area contributed by atoms with Crippen LogP contribution < -0.4 is 4.74 Å². The lowest BCUT2D eigenvalue weighted by atomic mass is 10.1. The molecule has 0 aliphatic heterocycles. The molecule has 3 nitrogen and oxygen atoms in total. The van der Waals surface area contributed by atoms with Crippen LogP contribution in [0.4, 0.5) is 8.78 Å². The van der Waals surface area contributed by atoms with Gasteiger partial charge in [-0.25, -0.2) is 8.78 Å². The molecule has 0 fully saturated rings. The number of nitrogens with zero attached hydrogens (tertiary/aromatic N) is 1. The molecule has 1 rings (SSSR count). The quantitative estimate of drug-likeness (QED) is 0.701. The molecule has 0 radical (unpaired) electrons. The largest absolute Gasteiger partial charge is 0.493 e. The molecule has 0 saturated carbocycles. The van der Waals surface area contributed by atoms with Crippen molar-refractivity contribution in [3.8, 4) is 5.75 Å². The van der Waals surface area contributed by atoms with E-state index in [1.807, 2.05) is 19.0 Å². The van der Waals surface area contributed by atoms with Gasteiger partial charge < -0.3 is 14.4 Å². The van der Waals surface area contributed by atoms with Crippen LogP contribution in [0.2, 0.25) is 0 Å². The molecular formula is C13H17F2NO2. The van der Waals surface area contributed by atoms with Gasteiger partial charge in [-0.3, -0.25) is 0 Å². The van der Waals surface area contributed by atoms with Gasteiger partial charge in [0.25, 0.3) is 0 Å². The Bertz CT molecular complexity index is 376. The lowest BCUT2D eigenvalue weighted by molar-refractivity contribution is -0.108. The zero-order valence-electron chi connectivity index (χ0n) is 10.5. The second-order valence-electron chi connectivity index (χ2n) is 4.45. The van der Waals surface area contributed by atoms with Gasteiger partial charge in [0.05, 0.1) is 6.61 Å². The fourth-order valence-electron chi connectivity index (χ4n) is 1.67. The van der Waals surface area contributed by atoms with E-state index in [4.69, 9.17) is 4.74 Å². The molecule has 0 amide bonds. The third kappa shape index (κ3) is 5.23. The monoisotopic (exact) mass is 257 g/mol. The van der Waals surface area contributed by atoms with Gasteiger partial charge in [-0.1, -0.05) is 0 Å². The minimum atomic E-state index is -0.676. The summed E-state index contributed by atoms with van der Waals surface area (Å²) in [6.07, 6.45) is 1.18. The number of halogens is 2. The highest BCUT2D eigenvalue weighted by Crippen LogP contribution is 2.16. The minimum absolute atomic E-state index is 0.00354. The van der Waals surface area contributed by atoms with Crippen LogP contribution in [0, 0.1) is 17.6 Å². The van der Waals surface area contributed by atoms with E-state index in [2.05, 4.69) is 0 Å². The van der Waals surface area contributed by atoms with E-state index in [0.29, 0.717) is 13.0 Å². The Balaban J connectivity index is 2.57. The summed E-state index contributed by atoms with van der Waals surface area (Å²) in [5.74, 6) is -1.21. The highest BCUT2D eigenvalue weighted by molar-refractivity contribution is 5.49. The fraction of sp³-hybridized carbons (Fsp3) is 0.462. The normalized spacial score (nSPS) is 12.5. The van der Waals surface area contributed by atoms with Crippen molar-refractivity contribution in [3.63, 3.8) is 0 Å². The van der Waals surface area contributed by atoms with Crippen molar-refractivity contribution in [2.75, 3.05) is 27.2 Å². The van der Waals surface area contributed by atoms with E-state index in [1.165, 1.54) is 0 Å². The van der Waals surface area contributed by atoms with Crippen molar-refractivity contribution in [3.05, 3.63) is 29.8 Å². The molecule has 5 heteroatoms. The third-order valence-electron chi connectivity index (χ3n) is 2.37. The van der Waals surface area contributed by atoms with E-state index < -0.39 is 11.6 Å². The fourth-order valence-corrected chi connectivity index (χ4v) is 1.67. The number of ether oxygens (including phenoxy) is 1. The Morgan fingerprint density at radius 3 is 2.39 bits per heavy atom. The van der Waals surface area contributed by atoms with Crippen LogP contribution in [0.25, 0.3) is 0 Å². The predicted octanol–water partition coefficient (Wildman–Crippen LogP) is 2.11. The standard InChI is InChI=1S/C13H17F2NO2/c1-16(2)8-10(3-4-17)9-18-13-6-11(14)5-12(15)7-13/h4-7,10H,3,8-9H2,1-2H3. The lowest BCUT2D eigenvalue weighted by Gasteiger charge is -2.19. The second-order valence-corrected chi connectivity index (χ2v) is 4.45. The predicted molar refractivity (Wildman–Crippen MR) is 64.6 cm³/mol. The molecule has 0 heterocycles. The molecule has 0 saturated heterocycles. The first-order valence-corrected chi connectivity index (χ1v) is 5.68. The molecule has 0 N–H and O–H groups in total. The van der Waals surface area contributed by atoms with Crippen molar-refractivity contribution in [2.24, 2.45) is 5.92 Å². The van der Waals surface area contributed by atoms with Gasteiger partial charge in [0.15, 0.2) is 0 Å². The number of carbonyl (C=O) groups is 1. The van der Waals surface area contributed by atoms with Gasteiger partial charge >= 0.3 is 0 Å². The maximum atomic E-state index is 12.9. The molecule has 0 aliphatic carbocycles. The summed E-state index contributed by atoms with van der Waals surface area (Å²) in [5, 5.41) is 0. The van der Waals surface area contributed by atoms with E-state index in [1.54, 1.807) is 0 Å². The Labute approximate surface area is 105 Å². The second kappa shape index (κ2) is 7.06. The zero-order valence-corrected chi connectivity index (χ0v) is 10.5. The molecule has 1 unspecified atom stereocenters. The summed E-state index contributed by atoms with van der Waals surface area (Å²) in [5.41, 5.74) is 0. The van der Waals surface area contributed by atoms with Crippen molar-refractivity contribution >= 4 is 6.29 Å². The molecular weight excluding hydrogens is 240 g/mol.